The van der Waals surface area contributed by atoms with Gasteiger partial charge >= 0.3 is 5.97 Å². The minimum absolute atomic E-state index is 0.0912. The third kappa shape index (κ3) is 3.72. The summed E-state index contributed by atoms with van der Waals surface area (Å²) in [6, 6.07) is -0.327. The maximum Gasteiger partial charge on any atom is 0.352 e. The molecule has 0 amide bonds. The molecule has 1 atom stereocenters. The van der Waals surface area contributed by atoms with Gasteiger partial charge in [0.1, 0.15) is 5.70 Å². The molecule has 0 aromatic rings. The van der Waals surface area contributed by atoms with Gasteiger partial charge in [0.2, 0.25) is 0 Å². The Morgan fingerprint density at radius 3 is 2.67 bits per heavy atom. The van der Waals surface area contributed by atoms with E-state index in [-0.39, 0.29) is 18.3 Å². The summed E-state index contributed by atoms with van der Waals surface area (Å²) < 4.78 is 0. The van der Waals surface area contributed by atoms with Crippen LogP contribution in [0.1, 0.15) is 6.92 Å². The van der Waals surface area contributed by atoms with Crippen LogP contribution in [-0.2, 0) is 4.79 Å². The van der Waals surface area contributed by atoms with Crippen LogP contribution in [0.5, 0.6) is 0 Å². The number of aliphatic carboxylic acids is 1. The van der Waals surface area contributed by atoms with Gasteiger partial charge in [-0.15, -0.1) is 0 Å². The molecule has 0 aromatic carbocycles. The number of hydrogen-bond acceptors (Lipinski definition) is 4. The van der Waals surface area contributed by atoms with E-state index < -0.39 is 5.97 Å². The van der Waals surface area contributed by atoms with Crippen LogP contribution < -0.4 is 5.32 Å². The molecule has 0 radical (unpaired) electrons. The van der Waals surface area contributed by atoms with Crippen LogP contribution in [0.25, 0.3) is 0 Å². The van der Waals surface area contributed by atoms with Crippen LogP contribution in [0.15, 0.2) is 11.8 Å². The van der Waals surface area contributed by atoms with Crippen LogP contribution in [0.3, 0.4) is 0 Å². The number of nitrogens with one attached hydrogen (secondary N) is 2. The van der Waals surface area contributed by atoms with Gasteiger partial charge in [-0.1, -0.05) is 0 Å². The van der Waals surface area contributed by atoms with E-state index in [4.69, 9.17) is 15.6 Å². The van der Waals surface area contributed by atoms with Gasteiger partial charge in [0, 0.05) is 12.3 Å². The van der Waals surface area contributed by atoms with Crippen molar-refractivity contribution in [2.45, 2.75) is 13.0 Å². The van der Waals surface area contributed by atoms with Crippen molar-refractivity contribution in [3.05, 3.63) is 11.8 Å². The minimum atomic E-state index is -1.14. The normalized spacial score (nSPS) is 13.7. The summed E-state index contributed by atoms with van der Waals surface area (Å²) in [5.41, 5.74) is -0.0912. The van der Waals surface area contributed by atoms with E-state index in [9.17, 15) is 4.79 Å². The van der Waals surface area contributed by atoms with E-state index in [0.29, 0.717) is 0 Å². The fourth-order valence-electron chi connectivity index (χ4n) is 0.576. The molecule has 0 rings (SSSR count). The van der Waals surface area contributed by atoms with Gasteiger partial charge in [-0.3, -0.25) is 0 Å². The Morgan fingerprint density at radius 1 is 1.75 bits per heavy atom. The molecular weight excluding hydrogens is 160 g/mol. The van der Waals surface area contributed by atoms with Crippen molar-refractivity contribution in [1.29, 1.82) is 5.41 Å². The van der Waals surface area contributed by atoms with Gasteiger partial charge in [-0.2, -0.15) is 0 Å². The van der Waals surface area contributed by atoms with Crippen LogP contribution in [0.4, 0.5) is 0 Å². The summed E-state index contributed by atoms with van der Waals surface area (Å²) in [5.74, 6) is -1.14. The summed E-state index contributed by atoms with van der Waals surface area (Å²) in [4.78, 5) is 10.4. The number of carbonyl (C=O) groups is 1. The van der Waals surface area contributed by atoms with Crippen molar-refractivity contribution >= 4 is 12.2 Å². The molecule has 0 bridgehead atoms. The third-order valence-corrected chi connectivity index (χ3v) is 1.16. The first kappa shape index (κ1) is 10.6. The van der Waals surface area contributed by atoms with Crippen molar-refractivity contribution in [3.8, 4) is 0 Å². The summed E-state index contributed by atoms with van der Waals surface area (Å²) >= 11 is 0. The Balaban J connectivity index is 4.24. The van der Waals surface area contributed by atoms with Crippen molar-refractivity contribution in [2.75, 3.05) is 6.61 Å². The molecule has 0 saturated heterocycles. The highest BCUT2D eigenvalue weighted by Crippen LogP contribution is 1.90. The van der Waals surface area contributed by atoms with Crippen LogP contribution in [-0.4, -0.2) is 35.0 Å². The predicted molar refractivity (Wildman–Crippen MR) is 44.2 cm³/mol. The summed E-state index contributed by atoms with van der Waals surface area (Å²) in [7, 11) is 0. The summed E-state index contributed by atoms with van der Waals surface area (Å²) in [5, 5.41) is 26.3. The molecular formula is C7H12N2O3. The minimum Gasteiger partial charge on any atom is -0.477 e. The van der Waals surface area contributed by atoms with Crippen LogP contribution in [0, 0.1) is 5.41 Å². The number of hydrogen-bond donors (Lipinski definition) is 4. The van der Waals surface area contributed by atoms with E-state index in [0.717, 1.165) is 12.3 Å². The van der Waals surface area contributed by atoms with Gasteiger partial charge in [0.25, 0.3) is 0 Å². The molecule has 4 N–H and O–H groups in total. The topological polar surface area (TPSA) is 93.4 Å². The van der Waals surface area contributed by atoms with Gasteiger partial charge in [-0.25, -0.2) is 4.79 Å². The maximum atomic E-state index is 10.4. The molecule has 5 nitrogen and oxygen atoms in total. The van der Waals surface area contributed by atoms with Gasteiger partial charge in [0.15, 0.2) is 0 Å². The quantitative estimate of drug-likeness (QED) is 0.334. The number of allylic oxidation sites excluding steroid dienone is 1. The molecule has 5 heteroatoms. The average Bonchev–Trinajstić information content (AvgIpc) is 2.03. The molecule has 0 aliphatic heterocycles. The fourth-order valence-corrected chi connectivity index (χ4v) is 0.576. The highest BCUT2D eigenvalue weighted by Gasteiger charge is 2.08. The Hall–Kier alpha value is -1.36. The number of aliphatic hydroxyl groups is 1. The molecule has 0 aromatic heterocycles. The first-order chi connectivity index (χ1) is 5.61. The predicted octanol–water partition coefficient (Wildman–Crippen LogP) is -0.425. The van der Waals surface area contributed by atoms with Crippen LogP contribution >= 0.6 is 0 Å². The lowest BCUT2D eigenvalue weighted by Gasteiger charge is -2.11. The monoisotopic (exact) mass is 172 g/mol. The second-order valence-corrected chi connectivity index (χ2v) is 2.28. The van der Waals surface area contributed by atoms with E-state index in [1.54, 1.807) is 6.92 Å². The van der Waals surface area contributed by atoms with E-state index in [2.05, 4.69) is 5.32 Å². The molecule has 0 spiro atoms. The van der Waals surface area contributed by atoms with Gasteiger partial charge in [-0.05, 0) is 13.0 Å². The zero-order valence-electron chi connectivity index (χ0n) is 6.74. The van der Waals surface area contributed by atoms with Crippen molar-refractivity contribution in [3.63, 3.8) is 0 Å². The molecule has 0 unspecified atom stereocenters. The molecule has 0 saturated carbocycles. The maximum absolute atomic E-state index is 10.4. The largest absolute Gasteiger partial charge is 0.477 e. The second-order valence-electron chi connectivity index (χ2n) is 2.28. The number of carboxylic acids is 1. The molecule has 0 aliphatic carbocycles. The Morgan fingerprint density at radius 2 is 2.33 bits per heavy atom. The number of carboxylic acid groups (broad SMARTS) is 1. The third-order valence-electron chi connectivity index (χ3n) is 1.16. The Kier molecular flexibility index (Phi) is 4.71. The van der Waals surface area contributed by atoms with Crippen molar-refractivity contribution in [2.24, 2.45) is 0 Å². The lowest BCUT2D eigenvalue weighted by molar-refractivity contribution is -0.133. The highest BCUT2D eigenvalue weighted by atomic mass is 16.4. The lowest BCUT2D eigenvalue weighted by Crippen LogP contribution is -2.32. The number of aliphatic hydroxyl groups excluding tert-OH is 1. The molecule has 12 heavy (non-hydrogen) atoms. The van der Waals surface area contributed by atoms with Gasteiger partial charge < -0.3 is 20.9 Å². The van der Waals surface area contributed by atoms with E-state index >= 15 is 0 Å². The van der Waals surface area contributed by atoms with Gasteiger partial charge in [0.05, 0.1) is 6.61 Å². The van der Waals surface area contributed by atoms with E-state index in [1.807, 2.05) is 0 Å². The average molecular weight is 172 g/mol. The first-order valence-corrected chi connectivity index (χ1v) is 3.43. The Bertz CT molecular complexity index is 201. The molecule has 68 valence electrons. The summed E-state index contributed by atoms with van der Waals surface area (Å²) in [6.45, 7) is 1.49. The zero-order chi connectivity index (χ0) is 9.56. The second kappa shape index (κ2) is 5.31. The first-order valence-electron chi connectivity index (χ1n) is 3.43. The number of rotatable bonds is 5. The van der Waals surface area contributed by atoms with Crippen molar-refractivity contribution < 1.29 is 15.0 Å². The summed E-state index contributed by atoms with van der Waals surface area (Å²) in [6.07, 6.45) is 2.00. The lowest BCUT2D eigenvalue weighted by atomic mass is 10.3. The molecule has 0 heterocycles. The zero-order valence-corrected chi connectivity index (χ0v) is 6.74. The standard InChI is InChI=1S/C7H12N2O3/c1-5(4-10)9-6(2-3-8)7(11)12/h2-3,5,8-10H,4H2,1H3,(H,11,12)/b6-2-,8-3?/t5-/m0/s1. The fraction of sp³-hybridized carbons (Fsp3) is 0.429. The molecule has 0 fully saturated rings. The molecule has 0 aliphatic rings. The van der Waals surface area contributed by atoms with E-state index in [1.165, 1.54) is 0 Å². The smallest absolute Gasteiger partial charge is 0.352 e. The Labute approximate surface area is 70.2 Å². The SMILES string of the molecule is C[C@@H](CO)N/C(=C\C=N)C(=O)O. The van der Waals surface area contributed by atoms with Crippen molar-refractivity contribution in [1.82, 2.24) is 5.32 Å². The van der Waals surface area contributed by atoms with Crippen LogP contribution in [0.2, 0.25) is 0 Å². The highest BCUT2D eigenvalue weighted by molar-refractivity contribution is 5.90.